The van der Waals surface area contributed by atoms with E-state index < -0.39 is 0 Å². The lowest BCUT2D eigenvalue weighted by Gasteiger charge is -2.35. The molecular formula is C18H30ClN3O. The second kappa shape index (κ2) is 9.91. The van der Waals surface area contributed by atoms with Gasteiger partial charge in [-0.2, -0.15) is 0 Å². The van der Waals surface area contributed by atoms with Crippen LogP contribution in [0.15, 0.2) is 30.3 Å². The number of nitrogens with two attached hydrogens (primary N) is 1. The van der Waals surface area contributed by atoms with Crippen molar-refractivity contribution in [2.75, 3.05) is 26.2 Å². The van der Waals surface area contributed by atoms with Crippen molar-refractivity contribution in [1.29, 1.82) is 0 Å². The number of likely N-dealkylation sites (N-methyl/N-ethyl adjacent to an activating group) is 1. The first kappa shape index (κ1) is 19.9. The van der Waals surface area contributed by atoms with E-state index in [2.05, 4.69) is 24.0 Å². The Labute approximate surface area is 146 Å². The molecular weight excluding hydrogens is 310 g/mol. The summed E-state index contributed by atoms with van der Waals surface area (Å²) in [5.41, 5.74) is 7.21. The quantitative estimate of drug-likeness (QED) is 0.866. The Hall–Kier alpha value is -1.10. The van der Waals surface area contributed by atoms with Gasteiger partial charge in [0, 0.05) is 25.7 Å². The molecule has 2 unspecified atom stereocenters. The average molecular weight is 340 g/mol. The van der Waals surface area contributed by atoms with Crippen molar-refractivity contribution in [1.82, 2.24) is 9.80 Å². The lowest BCUT2D eigenvalue weighted by molar-refractivity contribution is -0.133. The molecule has 5 heteroatoms. The zero-order valence-electron chi connectivity index (χ0n) is 14.3. The molecule has 1 saturated heterocycles. The minimum atomic E-state index is 0. The first-order chi connectivity index (χ1) is 10.6. The fraction of sp³-hybridized carbons (Fsp3) is 0.611. The van der Waals surface area contributed by atoms with E-state index >= 15 is 0 Å². The van der Waals surface area contributed by atoms with Gasteiger partial charge in [-0.25, -0.2) is 0 Å². The topological polar surface area (TPSA) is 49.6 Å². The van der Waals surface area contributed by atoms with Crippen LogP contribution in [0.4, 0.5) is 0 Å². The van der Waals surface area contributed by atoms with Gasteiger partial charge in [0.15, 0.2) is 0 Å². The molecule has 0 spiro atoms. The summed E-state index contributed by atoms with van der Waals surface area (Å²) in [5, 5.41) is 0. The highest BCUT2D eigenvalue weighted by Gasteiger charge is 2.25. The zero-order chi connectivity index (χ0) is 15.9. The van der Waals surface area contributed by atoms with E-state index in [1.165, 1.54) is 12.0 Å². The van der Waals surface area contributed by atoms with E-state index in [-0.39, 0.29) is 24.4 Å². The maximum absolute atomic E-state index is 12.6. The number of carbonyl (C=O) groups is 1. The van der Waals surface area contributed by atoms with Crippen LogP contribution >= 0.6 is 12.4 Å². The molecule has 1 aliphatic rings. The molecule has 0 radical (unpaired) electrons. The van der Waals surface area contributed by atoms with Crippen molar-refractivity contribution >= 4 is 18.3 Å². The summed E-state index contributed by atoms with van der Waals surface area (Å²) in [4.78, 5) is 16.8. The number of benzene rings is 1. The van der Waals surface area contributed by atoms with Crippen LogP contribution in [0, 0.1) is 5.92 Å². The number of hydrogen-bond donors (Lipinski definition) is 1. The van der Waals surface area contributed by atoms with Crippen molar-refractivity contribution in [3.63, 3.8) is 0 Å². The SMILES string of the molecule is CCN(Cc1ccccc1)C(=O)CN1CCCC(C(C)N)C1.Cl. The van der Waals surface area contributed by atoms with E-state index in [1.54, 1.807) is 0 Å². The maximum atomic E-state index is 12.6. The summed E-state index contributed by atoms with van der Waals surface area (Å²) in [6.45, 7) is 8.04. The van der Waals surface area contributed by atoms with Crippen LogP contribution in [0.25, 0.3) is 0 Å². The van der Waals surface area contributed by atoms with Gasteiger partial charge in [-0.05, 0) is 44.7 Å². The number of likely N-dealkylation sites (tertiary alicyclic amines) is 1. The van der Waals surface area contributed by atoms with E-state index in [0.29, 0.717) is 19.0 Å². The average Bonchev–Trinajstić information content (AvgIpc) is 2.53. The van der Waals surface area contributed by atoms with Crippen molar-refractivity contribution in [2.45, 2.75) is 39.3 Å². The number of nitrogens with zero attached hydrogens (tertiary/aromatic N) is 2. The highest BCUT2D eigenvalue weighted by molar-refractivity contribution is 5.85. The van der Waals surface area contributed by atoms with Gasteiger partial charge in [-0.1, -0.05) is 30.3 Å². The van der Waals surface area contributed by atoms with Crippen LogP contribution in [-0.2, 0) is 11.3 Å². The number of hydrogen-bond acceptors (Lipinski definition) is 3. The normalized spacial score (nSPS) is 19.7. The number of carbonyl (C=O) groups excluding carboxylic acids is 1. The van der Waals surface area contributed by atoms with E-state index in [1.807, 2.05) is 30.0 Å². The fourth-order valence-corrected chi connectivity index (χ4v) is 3.14. The Morgan fingerprint density at radius 3 is 2.70 bits per heavy atom. The number of piperidine rings is 1. The van der Waals surface area contributed by atoms with Crippen molar-refractivity contribution in [3.8, 4) is 0 Å². The molecule has 1 amide bonds. The van der Waals surface area contributed by atoms with Gasteiger partial charge < -0.3 is 10.6 Å². The Morgan fingerprint density at radius 2 is 2.09 bits per heavy atom. The Balaban J connectivity index is 0.00000264. The highest BCUT2D eigenvalue weighted by atomic mass is 35.5. The van der Waals surface area contributed by atoms with Gasteiger partial charge in [0.25, 0.3) is 0 Å². The minimum Gasteiger partial charge on any atom is -0.338 e. The molecule has 2 rings (SSSR count). The first-order valence-electron chi connectivity index (χ1n) is 8.39. The van der Waals surface area contributed by atoms with Crippen LogP contribution in [0.2, 0.25) is 0 Å². The van der Waals surface area contributed by atoms with Gasteiger partial charge in [0.05, 0.1) is 6.54 Å². The van der Waals surface area contributed by atoms with Crippen molar-refractivity contribution in [2.24, 2.45) is 11.7 Å². The smallest absolute Gasteiger partial charge is 0.237 e. The Kier molecular flexibility index (Phi) is 8.59. The molecule has 0 saturated carbocycles. The third-order valence-electron chi connectivity index (χ3n) is 4.60. The van der Waals surface area contributed by atoms with Gasteiger partial charge >= 0.3 is 0 Å². The molecule has 1 fully saturated rings. The zero-order valence-corrected chi connectivity index (χ0v) is 15.1. The predicted octanol–water partition coefficient (Wildman–Crippen LogP) is 2.52. The third kappa shape index (κ3) is 6.13. The van der Waals surface area contributed by atoms with Crippen molar-refractivity contribution < 1.29 is 4.79 Å². The predicted molar refractivity (Wildman–Crippen MR) is 97.6 cm³/mol. The van der Waals surface area contributed by atoms with Crippen LogP contribution in [0.5, 0.6) is 0 Å². The summed E-state index contributed by atoms with van der Waals surface area (Å²) in [6, 6.07) is 10.4. The maximum Gasteiger partial charge on any atom is 0.237 e. The van der Waals surface area contributed by atoms with Crippen LogP contribution in [0.3, 0.4) is 0 Å². The number of halogens is 1. The molecule has 1 aromatic rings. The standard InChI is InChI=1S/C18H29N3O.ClH/c1-3-21(12-16-8-5-4-6-9-16)18(22)14-20-11-7-10-17(13-20)15(2)19;/h4-6,8-9,15,17H,3,7,10-14,19H2,1-2H3;1H. The van der Waals surface area contributed by atoms with E-state index in [4.69, 9.17) is 5.73 Å². The van der Waals surface area contributed by atoms with Gasteiger partial charge in [-0.15, -0.1) is 12.4 Å². The Morgan fingerprint density at radius 1 is 1.39 bits per heavy atom. The molecule has 1 aromatic carbocycles. The fourth-order valence-electron chi connectivity index (χ4n) is 3.14. The molecule has 0 aliphatic carbocycles. The molecule has 1 aliphatic heterocycles. The van der Waals surface area contributed by atoms with Gasteiger partial charge in [-0.3, -0.25) is 9.69 Å². The lowest BCUT2D eigenvalue weighted by atomic mass is 9.92. The number of amides is 1. The minimum absolute atomic E-state index is 0. The Bertz CT molecular complexity index is 467. The molecule has 1 heterocycles. The second-order valence-electron chi connectivity index (χ2n) is 6.39. The molecule has 2 atom stereocenters. The van der Waals surface area contributed by atoms with E-state index in [0.717, 1.165) is 26.1 Å². The first-order valence-corrected chi connectivity index (χ1v) is 8.39. The van der Waals surface area contributed by atoms with Gasteiger partial charge in [0.1, 0.15) is 0 Å². The second-order valence-corrected chi connectivity index (χ2v) is 6.39. The molecule has 4 nitrogen and oxygen atoms in total. The molecule has 130 valence electrons. The third-order valence-corrected chi connectivity index (χ3v) is 4.60. The number of rotatable bonds is 6. The lowest BCUT2D eigenvalue weighted by Crippen LogP contribution is -2.47. The van der Waals surface area contributed by atoms with Gasteiger partial charge in [0.2, 0.25) is 5.91 Å². The van der Waals surface area contributed by atoms with Crippen LogP contribution in [-0.4, -0.2) is 47.9 Å². The van der Waals surface area contributed by atoms with Crippen molar-refractivity contribution in [3.05, 3.63) is 35.9 Å². The molecule has 2 N–H and O–H groups in total. The monoisotopic (exact) mass is 339 g/mol. The molecule has 0 bridgehead atoms. The molecule has 23 heavy (non-hydrogen) atoms. The summed E-state index contributed by atoms with van der Waals surface area (Å²) in [5.74, 6) is 0.738. The van der Waals surface area contributed by atoms with Crippen LogP contribution in [0.1, 0.15) is 32.3 Å². The van der Waals surface area contributed by atoms with Crippen LogP contribution < -0.4 is 5.73 Å². The summed E-state index contributed by atoms with van der Waals surface area (Å²) in [6.07, 6.45) is 2.33. The van der Waals surface area contributed by atoms with E-state index in [9.17, 15) is 4.79 Å². The summed E-state index contributed by atoms with van der Waals surface area (Å²) >= 11 is 0. The highest BCUT2D eigenvalue weighted by Crippen LogP contribution is 2.18. The summed E-state index contributed by atoms with van der Waals surface area (Å²) in [7, 11) is 0. The molecule has 0 aromatic heterocycles. The largest absolute Gasteiger partial charge is 0.338 e. The summed E-state index contributed by atoms with van der Waals surface area (Å²) < 4.78 is 0.